The van der Waals surface area contributed by atoms with Gasteiger partial charge in [-0.05, 0) is 44.2 Å². The molecule has 0 spiro atoms. The van der Waals surface area contributed by atoms with Crippen molar-refractivity contribution in [3.8, 4) is 11.3 Å². The summed E-state index contributed by atoms with van der Waals surface area (Å²) in [4.78, 5) is 41.0. The van der Waals surface area contributed by atoms with Crippen LogP contribution in [0.3, 0.4) is 0 Å². The average molecular weight is 526 g/mol. The summed E-state index contributed by atoms with van der Waals surface area (Å²) in [6.45, 7) is 3.18. The molecule has 39 heavy (non-hydrogen) atoms. The molecule has 1 fully saturated rings. The van der Waals surface area contributed by atoms with Crippen molar-refractivity contribution in [2.75, 3.05) is 18.4 Å². The van der Waals surface area contributed by atoms with E-state index in [0.29, 0.717) is 22.7 Å². The number of hydrogen-bond acceptors (Lipinski definition) is 6. The Labute approximate surface area is 226 Å². The van der Waals surface area contributed by atoms with Crippen LogP contribution in [0.15, 0.2) is 74.3 Å². The van der Waals surface area contributed by atoms with Crippen LogP contribution in [0.5, 0.6) is 0 Å². The van der Waals surface area contributed by atoms with Crippen molar-refractivity contribution >= 4 is 28.7 Å². The third-order valence-corrected chi connectivity index (χ3v) is 7.75. The molecular formula is C31H31N3O5. The topological polar surface area (TPSA) is 105 Å². The number of nitrogens with one attached hydrogen (secondary N) is 2. The molecule has 6 rings (SSSR count). The lowest BCUT2D eigenvalue weighted by atomic mass is 9.99. The second-order valence-corrected chi connectivity index (χ2v) is 10.4. The third-order valence-electron chi connectivity index (χ3n) is 7.75. The number of aryl methyl sites for hydroxylation is 2. The number of nitrogens with zero attached hydrogens (tertiary/aromatic N) is 1. The van der Waals surface area contributed by atoms with Gasteiger partial charge in [-0.3, -0.25) is 19.3 Å². The van der Waals surface area contributed by atoms with Crippen molar-refractivity contribution in [1.82, 2.24) is 10.2 Å². The van der Waals surface area contributed by atoms with Gasteiger partial charge in [0.25, 0.3) is 0 Å². The first-order valence-corrected chi connectivity index (χ1v) is 13.5. The second-order valence-electron chi connectivity index (χ2n) is 10.4. The van der Waals surface area contributed by atoms with Gasteiger partial charge in [0.05, 0.1) is 18.0 Å². The summed E-state index contributed by atoms with van der Waals surface area (Å²) in [6, 6.07) is 18.6. The van der Waals surface area contributed by atoms with Gasteiger partial charge >= 0.3 is 0 Å². The Morgan fingerprint density at radius 3 is 2.51 bits per heavy atom. The number of anilines is 1. The van der Waals surface area contributed by atoms with Gasteiger partial charge in [0.2, 0.25) is 22.8 Å². The average Bonchev–Trinajstić information content (AvgIpc) is 3.19. The number of carbonyl (C=O) groups is 2. The number of likely N-dealkylation sites (tertiary alicyclic amines) is 1. The summed E-state index contributed by atoms with van der Waals surface area (Å²) in [5.74, 6) is 0.828. The highest BCUT2D eigenvalue weighted by Gasteiger charge is 2.32. The molecule has 2 amide bonds. The fraction of sp³-hybridized carbons (Fsp3) is 0.323. The van der Waals surface area contributed by atoms with Crippen molar-refractivity contribution in [3.63, 3.8) is 0 Å². The number of para-hydroxylation sites is 1. The minimum Gasteiger partial charge on any atom is -0.457 e. The predicted molar refractivity (Wildman–Crippen MR) is 149 cm³/mol. The molecule has 0 aliphatic carbocycles. The first-order chi connectivity index (χ1) is 19.0. The molecule has 1 atom stereocenters. The minimum absolute atomic E-state index is 0.00636. The number of amides is 2. The molecular weight excluding hydrogens is 494 g/mol. The molecule has 1 saturated heterocycles. The summed E-state index contributed by atoms with van der Waals surface area (Å²) >= 11 is 0. The fourth-order valence-corrected chi connectivity index (χ4v) is 5.79. The molecule has 200 valence electrons. The Kier molecular flexibility index (Phi) is 6.79. The maximum atomic E-state index is 13.2. The number of piperidine rings is 1. The van der Waals surface area contributed by atoms with Gasteiger partial charge in [-0.15, -0.1) is 0 Å². The van der Waals surface area contributed by atoms with E-state index >= 15 is 0 Å². The Bertz CT molecular complexity index is 1580. The highest BCUT2D eigenvalue weighted by Crippen LogP contribution is 2.33. The largest absolute Gasteiger partial charge is 0.457 e. The number of fused-ring (bicyclic) bond motifs is 2. The van der Waals surface area contributed by atoms with E-state index in [-0.39, 0.29) is 41.3 Å². The quantitative estimate of drug-likeness (QED) is 0.399. The van der Waals surface area contributed by atoms with E-state index in [1.165, 1.54) is 11.6 Å². The van der Waals surface area contributed by atoms with Crippen LogP contribution in [-0.4, -0.2) is 41.9 Å². The van der Waals surface area contributed by atoms with Crippen molar-refractivity contribution < 1.29 is 18.4 Å². The van der Waals surface area contributed by atoms with Gasteiger partial charge in [0, 0.05) is 36.4 Å². The number of rotatable bonds is 5. The van der Waals surface area contributed by atoms with E-state index in [9.17, 15) is 14.4 Å². The van der Waals surface area contributed by atoms with Crippen LogP contribution in [0.4, 0.5) is 5.69 Å². The third kappa shape index (κ3) is 5.12. The molecule has 4 aromatic rings. The molecule has 2 aliphatic heterocycles. The molecule has 1 unspecified atom stereocenters. The molecule has 0 bridgehead atoms. The van der Waals surface area contributed by atoms with Crippen molar-refractivity contribution in [1.29, 1.82) is 0 Å². The van der Waals surface area contributed by atoms with Crippen molar-refractivity contribution in [2.45, 2.75) is 51.1 Å². The summed E-state index contributed by atoms with van der Waals surface area (Å²) in [5.41, 5.74) is 3.60. The van der Waals surface area contributed by atoms with E-state index < -0.39 is 0 Å². The zero-order valence-corrected chi connectivity index (χ0v) is 21.9. The highest BCUT2D eigenvalue weighted by molar-refractivity contribution is 5.96. The van der Waals surface area contributed by atoms with Gasteiger partial charge < -0.3 is 19.5 Å². The minimum atomic E-state index is -0.268. The standard InChI is InChI=1S/C31H31N3O5/c1-19-17-26(35)30-29(38-19)23(28(39-30)21-8-3-2-4-9-21)18-27(36)32-22-13-15-34(16-14-22)25-12-11-20-7-5-6-10-24(20)33-31(25)37/h2-10,17,22,25H,11-16,18H2,1H3,(H,32,36)(H,33,37). The number of furan rings is 1. The van der Waals surface area contributed by atoms with Crippen LogP contribution < -0.4 is 16.1 Å². The monoisotopic (exact) mass is 525 g/mol. The van der Waals surface area contributed by atoms with Crippen molar-refractivity contribution in [2.24, 2.45) is 0 Å². The first kappa shape index (κ1) is 25.1. The van der Waals surface area contributed by atoms with Crippen LogP contribution >= 0.6 is 0 Å². The van der Waals surface area contributed by atoms with E-state index in [4.69, 9.17) is 8.83 Å². The summed E-state index contributed by atoms with van der Waals surface area (Å²) in [6.07, 6.45) is 3.18. The number of hydrogen-bond donors (Lipinski definition) is 2. The van der Waals surface area contributed by atoms with Crippen molar-refractivity contribution in [3.05, 3.63) is 87.8 Å². The van der Waals surface area contributed by atoms with Gasteiger partial charge in [-0.1, -0.05) is 48.5 Å². The molecule has 0 saturated carbocycles. The van der Waals surface area contributed by atoms with Crippen LogP contribution in [0, 0.1) is 6.92 Å². The Morgan fingerprint density at radius 1 is 0.974 bits per heavy atom. The summed E-state index contributed by atoms with van der Waals surface area (Å²) in [5, 5.41) is 6.25. The Balaban J connectivity index is 1.13. The summed E-state index contributed by atoms with van der Waals surface area (Å²) in [7, 11) is 0. The second kappa shape index (κ2) is 10.5. The van der Waals surface area contributed by atoms with Gasteiger partial charge in [-0.2, -0.15) is 0 Å². The molecule has 4 heterocycles. The lowest BCUT2D eigenvalue weighted by Crippen LogP contribution is -2.51. The van der Waals surface area contributed by atoms with Crippen LogP contribution in [0.2, 0.25) is 0 Å². The van der Waals surface area contributed by atoms with Crippen LogP contribution in [0.25, 0.3) is 22.5 Å². The van der Waals surface area contributed by atoms with E-state index in [0.717, 1.165) is 50.0 Å². The predicted octanol–water partition coefficient (Wildman–Crippen LogP) is 4.44. The van der Waals surface area contributed by atoms with Crippen LogP contribution in [0.1, 0.15) is 36.1 Å². The fourth-order valence-electron chi connectivity index (χ4n) is 5.79. The first-order valence-electron chi connectivity index (χ1n) is 13.5. The maximum absolute atomic E-state index is 13.2. The molecule has 8 nitrogen and oxygen atoms in total. The van der Waals surface area contributed by atoms with Gasteiger partial charge in [0.1, 0.15) is 11.5 Å². The van der Waals surface area contributed by atoms with E-state index in [1.807, 2.05) is 48.5 Å². The lowest BCUT2D eigenvalue weighted by Gasteiger charge is -2.36. The van der Waals surface area contributed by atoms with E-state index in [2.05, 4.69) is 21.6 Å². The summed E-state index contributed by atoms with van der Waals surface area (Å²) < 4.78 is 11.8. The van der Waals surface area contributed by atoms with E-state index in [1.54, 1.807) is 6.92 Å². The normalized spacial score (nSPS) is 18.4. The molecule has 2 aromatic carbocycles. The number of benzene rings is 2. The molecule has 0 radical (unpaired) electrons. The zero-order valence-electron chi connectivity index (χ0n) is 21.9. The van der Waals surface area contributed by atoms with Gasteiger partial charge in [0.15, 0.2) is 5.58 Å². The number of carbonyl (C=O) groups excluding carboxylic acids is 2. The lowest BCUT2D eigenvalue weighted by molar-refractivity contribution is -0.123. The smallest absolute Gasteiger partial charge is 0.241 e. The Hall–Kier alpha value is -4.17. The molecule has 8 heteroatoms. The molecule has 2 aliphatic rings. The van der Waals surface area contributed by atoms with Crippen LogP contribution in [-0.2, 0) is 22.4 Å². The molecule has 2 aromatic heterocycles. The highest BCUT2D eigenvalue weighted by atomic mass is 16.4. The Morgan fingerprint density at radius 2 is 1.72 bits per heavy atom. The van der Waals surface area contributed by atoms with Gasteiger partial charge in [-0.25, -0.2) is 0 Å². The maximum Gasteiger partial charge on any atom is 0.241 e. The molecule has 2 N–H and O–H groups in total. The SMILES string of the molecule is Cc1cc(=O)c2oc(-c3ccccc3)c(CC(=O)NC3CCN(C4CCc5ccccc5NC4=O)CC3)c2o1. The zero-order chi connectivity index (χ0) is 26.9.